The minimum atomic E-state index is -0.0267. The van der Waals surface area contributed by atoms with Crippen LogP contribution in [0.1, 0.15) is 44.0 Å². The summed E-state index contributed by atoms with van der Waals surface area (Å²) in [4.78, 5) is 12.5. The van der Waals surface area contributed by atoms with Crippen LogP contribution in [0.15, 0.2) is 54.6 Å². The van der Waals surface area contributed by atoms with Crippen LogP contribution in [-0.2, 0) is 0 Å². The SMILES string of the molecule is CC1CC(NC(=O)c2ccc(Oc3ccccc3)cc2)CC(C)(C)N1. The van der Waals surface area contributed by atoms with Gasteiger partial charge >= 0.3 is 0 Å². The summed E-state index contributed by atoms with van der Waals surface area (Å²) in [7, 11) is 0. The number of ether oxygens (including phenoxy) is 1. The molecule has 2 atom stereocenters. The third-order valence-electron chi connectivity index (χ3n) is 4.46. The molecule has 0 aromatic heterocycles. The predicted molar refractivity (Wildman–Crippen MR) is 100 cm³/mol. The van der Waals surface area contributed by atoms with Crippen molar-refractivity contribution in [1.82, 2.24) is 10.6 Å². The van der Waals surface area contributed by atoms with E-state index in [0.717, 1.165) is 24.3 Å². The first-order valence-electron chi connectivity index (χ1n) is 8.83. The van der Waals surface area contributed by atoms with Crippen LogP contribution in [0.5, 0.6) is 11.5 Å². The van der Waals surface area contributed by atoms with Gasteiger partial charge in [0.05, 0.1) is 0 Å². The number of nitrogens with one attached hydrogen (secondary N) is 2. The van der Waals surface area contributed by atoms with Crippen molar-refractivity contribution in [3.05, 3.63) is 60.2 Å². The van der Waals surface area contributed by atoms with Crippen molar-refractivity contribution >= 4 is 5.91 Å². The van der Waals surface area contributed by atoms with E-state index in [4.69, 9.17) is 4.74 Å². The fourth-order valence-corrected chi connectivity index (χ4v) is 3.59. The third-order valence-corrected chi connectivity index (χ3v) is 4.46. The van der Waals surface area contributed by atoms with Gasteiger partial charge in [-0.05, 0) is 70.0 Å². The fourth-order valence-electron chi connectivity index (χ4n) is 3.59. The van der Waals surface area contributed by atoms with Gasteiger partial charge in [-0.1, -0.05) is 18.2 Å². The Morgan fingerprint density at radius 1 is 1.08 bits per heavy atom. The molecule has 1 amide bonds. The van der Waals surface area contributed by atoms with Gasteiger partial charge in [0.2, 0.25) is 0 Å². The van der Waals surface area contributed by atoms with E-state index >= 15 is 0 Å². The van der Waals surface area contributed by atoms with Crippen molar-refractivity contribution in [2.24, 2.45) is 0 Å². The van der Waals surface area contributed by atoms with Gasteiger partial charge in [0, 0.05) is 23.2 Å². The molecule has 4 nitrogen and oxygen atoms in total. The average Bonchev–Trinajstić information content (AvgIpc) is 2.54. The summed E-state index contributed by atoms with van der Waals surface area (Å²) in [5.74, 6) is 1.48. The molecule has 1 heterocycles. The van der Waals surface area contributed by atoms with E-state index < -0.39 is 0 Å². The Kier molecular flexibility index (Phi) is 5.09. The lowest BCUT2D eigenvalue weighted by molar-refractivity contribution is 0.0906. The highest BCUT2D eigenvalue weighted by Gasteiger charge is 2.32. The second-order valence-electron chi connectivity index (χ2n) is 7.48. The zero-order valence-corrected chi connectivity index (χ0v) is 15.1. The minimum Gasteiger partial charge on any atom is -0.457 e. The van der Waals surface area contributed by atoms with Gasteiger partial charge in [-0.2, -0.15) is 0 Å². The molecule has 1 aliphatic rings. The average molecular weight is 338 g/mol. The topological polar surface area (TPSA) is 50.4 Å². The van der Waals surface area contributed by atoms with Gasteiger partial charge in [0.1, 0.15) is 11.5 Å². The van der Waals surface area contributed by atoms with Crippen LogP contribution >= 0.6 is 0 Å². The van der Waals surface area contributed by atoms with Gasteiger partial charge in [0.15, 0.2) is 0 Å². The molecule has 2 unspecified atom stereocenters. The molecule has 2 N–H and O–H groups in total. The van der Waals surface area contributed by atoms with Gasteiger partial charge in [-0.25, -0.2) is 0 Å². The molecule has 1 saturated heterocycles. The maximum atomic E-state index is 12.5. The lowest BCUT2D eigenvalue weighted by Crippen LogP contribution is -2.56. The molecule has 0 radical (unpaired) electrons. The number of benzene rings is 2. The lowest BCUT2D eigenvalue weighted by atomic mass is 9.86. The van der Waals surface area contributed by atoms with E-state index in [0.29, 0.717) is 11.6 Å². The Hall–Kier alpha value is -2.33. The van der Waals surface area contributed by atoms with E-state index in [1.54, 1.807) is 0 Å². The first-order valence-corrected chi connectivity index (χ1v) is 8.83. The zero-order valence-electron chi connectivity index (χ0n) is 15.1. The van der Waals surface area contributed by atoms with Crippen molar-refractivity contribution in [3.63, 3.8) is 0 Å². The van der Waals surface area contributed by atoms with Gasteiger partial charge in [-0.3, -0.25) is 4.79 Å². The maximum absolute atomic E-state index is 12.5. The van der Waals surface area contributed by atoms with Gasteiger partial charge in [-0.15, -0.1) is 0 Å². The second kappa shape index (κ2) is 7.28. The maximum Gasteiger partial charge on any atom is 0.251 e. The van der Waals surface area contributed by atoms with Crippen LogP contribution in [0, 0.1) is 0 Å². The predicted octanol–water partition coefficient (Wildman–Crippen LogP) is 4.13. The molecule has 0 saturated carbocycles. The molecule has 0 spiro atoms. The van der Waals surface area contributed by atoms with E-state index in [9.17, 15) is 4.79 Å². The molecule has 25 heavy (non-hydrogen) atoms. The quantitative estimate of drug-likeness (QED) is 0.881. The number of hydrogen-bond acceptors (Lipinski definition) is 3. The van der Waals surface area contributed by atoms with E-state index in [-0.39, 0.29) is 17.5 Å². The van der Waals surface area contributed by atoms with Crippen LogP contribution in [0.25, 0.3) is 0 Å². The Balaban J connectivity index is 1.61. The van der Waals surface area contributed by atoms with Crippen molar-refractivity contribution in [1.29, 1.82) is 0 Å². The Bertz CT molecular complexity index is 710. The van der Waals surface area contributed by atoms with Crippen molar-refractivity contribution in [2.75, 3.05) is 0 Å². The number of piperidine rings is 1. The molecular weight excluding hydrogens is 312 g/mol. The van der Waals surface area contributed by atoms with Crippen LogP contribution < -0.4 is 15.4 Å². The number of hydrogen-bond donors (Lipinski definition) is 2. The van der Waals surface area contributed by atoms with Crippen LogP contribution in [0.3, 0.4) is 0 Å². The van der Waals surface area contributed by atoms with Crippen LogP contribution in [0.2, 0.25) is 0 Å². The summed E-state index contributed by atoms with van der Waals surface area (Å²) in [5, 5.41) is 6.73. The molecule has 1 fully saturated rings. The van der Waals surface area contributed by atoms with E-state index in [1.807, 2.05) is 54.6 Å². The van der Waals surface area contributed by atoms with Crippen molar-refractivity contribution < 1.29 is 9.53 Å². The number of para-hydroxylation sites is 1. The lowest BCUT2D eigenvalue weighted by Gasteiger charge is -2.40. The molecule has 4 heteroatoms. The summed E-state index contributed by atoms with van der Waals surface area (Å²) in [6.07, 6.45) is 1.88. The Labute approximate surface area is 149 Å². The summed E-state index contributed by atoms with van der Waals surface area (Å²) in [6.45, 7) is 6.52. The third kappa shape index (κ3) is 4.83. The highest BCUT2D eigenvalue weighted by atomic mass is 16.5. The summed E-state index contributed by atoms with van der Waals surface area (Å²) < 4.78 is 5.76. The molecule has 1 aliphatic heterocycles. The standard InChI is InChI=1S/C21H26N2O2/c1-15-13-17(14-21(2,3)23-15)22-20(24)16-9-11-19(12-10-16)25-18-7-5-4-6-8-18/h4-12,15,17,23H,13-14H2,1-3H3,(H,22,24). The zero-order chi connectivity index (χ0) is 17.9. The summed E-state index contributed by atoms with van der Waals surface area (Å²) in [5.41, 5.74) is 0.701. The fraction of sp³-hybridized carbons (Fsp3) is 0.381. The number of rotatable bonds is 4. The van der Waals surface area contributed by atoms with Crippen molar-refractivity contribution in [3.8, 4) is 11.5 Å². The van der Waals surface area contributed by atoms with E-state index in [1.165, 1.54) is 0 Å². The smallest absolute Gasteiger partial charge is 0.251 e. The highest BCUT2D eigenvalue weighted by molar-refractivity contribution is 5.94. The van der Waals surface area contributed by atoms with Crippen LogP contribution in [-0.4, -0.2) is 23.5 Å². The largest absolute Gasteiger partial charge is 0.457 e. The summed E-state index contributed by atoms with van der Waals surface area (Å²) >= 11 is 0. The number of amides is 1. The highest BCUT2D eigenvalue weighted by Crippen LogP contribution is 2.23. The Morgan fingerprint density at radius 3 is 2.36 bits per heavy atom. The van der Waals surface area contributed by atoms with E-state index in [2.05, 4.69) is 31.4 Å². The summed E-state index contributed by atoms with van der Waals surface area (Å²) in [6, 6.07) is 17.5. The van der Waals surface area contributed by atoms with Gasteiger partial charge < -0.3 is 15.4 Å². The molecule has 0 bridgehead atoms. The molecule has 0 aliphatic carbocycles. The van der Waals surface area contributed by atoms with Crippen LogP contribution in [0.4, 0.5) is 0 Å². The molecule has 132 valence electrons. The molecule has 3 rings (SSSR count). The molecule has 2 aromatic carbocycles. The minimum absolute atomic E-state index is 0.0267. The normalized spacial score (nSPS) is 22.2. The molecular formula is C21H26N2O2. The van der Waals surface area contributed by atoms with Crippen molar-refractivity contribution in [2.45, 2.75) is 51.2 Å². The molecule has 2 aromatic rings. The number of carbonyl (C=O) groups is 1. The Morgan fingerprint density at radius 2 is 1.72 bits per heavy atom. The monoisotopic (exact) mass is 338 g/mol. The number of carbonyl (C=O) groups excluding carboxylic acids is 1. The second-order valence-corrected chi connectivity index (χ2v) is 7.48. The first-order chi connectivity index (χ1) is 11.9. The first kappa shape index (κ1) is 17.5. The van der Waals surface area contributed by atoms with Gasteiger partial charge in [0.25, 0.3) is 5.91 Å².